The first kappa shape index (κ1) is 10.1. The number of nitrogens with zero attached hydrogens (tertiary/aromatic N) is 1. The van der Waals surface area contributed by atoms with E-state index in [-0.39, 0.29) is 0 Å². The Morgan fingerprint density at radius 2 is 1.87 bits per heavy atom. The molecule has 2 saturated heterocycles. The third kappa shape index (κ3) is 1.92. The average molecular weight is 315 g/mol. The van der Waals surface area contributed by atoms with E-state index in [2.05, 4.69) is 51.8 Å². The van der Waals surface area contributed by atoms with Gasteiger partial charge in [0.05, 0.1) is 13.2 Å². The minimum absolute atomic E-state index is 0.545. The minimum atomic E-state index is 0.545. The van der Waals surface area contributed by atoms with Crippen LogP contribution in [-0.4, -0.2) is 31.2 Å². The Hall–Kier alpha value is -0.130. The average Bonchev–Trinajstić information content (AvgIpc) is 2.10. The predicted molar refractivity (Wildman–Crippen MR) is 67.7 cm³/mol. The van der Waals surface area contributed by atoms with Crippen LogP contribution in [0.25, 0.3) is 0 Å². The molecule has 2 aliphatic rings. The fourth-order valence-corrected chi connectivity index (χ4v) is 2.80. The fraction of sp³-hybridized carbons (Fsp3) is 0.500. The van der Waals surface area contributed by atoms with Gasteiger partial charge in [0, 0.05) is 28.6 Å². The Kier molecular flexibility index (Phi) is 2.49. The zero-order valence-electron chi connectivity index (χ0n) is 8.58. The Bertz CT molecular complexity index is 350. The summed E-state index contributed by atoms with van der Waals surface area (Å²) in [5, 5.41) is 0. The van der Waals surface area contributed by atoms with E-state index in [0.717, 1.165) is 19.8 Å². The van der Waals surface area contributed by atoms with Gasteiger partial charge in [0.25, 0.3) is 0 Å². The highest BCUT2D eigenvalue weighted by Gasteiger charge is 2.48. The molecule has 80 valence electrons. The molecule has 0 atom stereocenters. The Labute approximate surface area is 104 Å². The van der Waals surface area contributed by atoms with Crippen molar-refractivity contribution in [2.75, 3.05) is 26.3 Å². The van der Waals surface area contributed by atoms with E-state index in [4.69, 9.17) is 4.74 Å². The van der Waals surface area contributed by atoms with Crippen molar-refractivity contribution in [2.24, 2.45) is 5.41 Å². The quantitative estimate of drug-likeness (QED) is 0.775. The van der Waals surface area contributed by atoms with Crippen LogP contribution in [-0.2, 0) is 11.3 Å². The van der Waals surface area contributed by atoms with Crippen molar-refractivity contribution >= 4 is 22.6 Å². The van der Waals surface area contributed by atoms with Crippen LogP contribution in [0.3, 0.4) is 0 Å². The van der Waals surface area contributed by atoms with E-state index in [9.17, 15) is 0 Å². The topological polar surface area (TPSA) is 12.5 Å². The van der Waals surface area contributed by atoms with Crippen LogP contribution in [0, 0.1) is 8.99 Å². The minimum Gasteiger partial charge on any atom is -0.380 e. The molecule has 2 nitrogen and oxygen atoms in total. The highest BCUT2D eigenvalue weighted by molar-refractivity contribution is 14.1. The van der Waals surface area contributed by atoms with Crippen molar-refractivity contribution in [3.8, 4) is 0 Å². The first-order valence-electron chi connectivity index (χ1n) is 5.30. The molecular formula is C12H14INO. The van der Waals surface area contributed by atoms with Crippen LogP contribution >= 0.6 is 22.6 Å². The molecule has 1 aromatic carbocycles. The third-order valence-electron chi connectivity index (χ3n) is 3.25. The second kappa shape index (κ2) is 3.71. The van der Waals surface area contributed by atoms with Crippen molar-refractivity contribution in [3.05, 3.63) is 33.4 Å². The molecule has 3 rings (SSSR count). The molecule has 1 spiro atoms. The smallest absolute Gasteiger partial charge is 0.0569 e. The highest BCUT2D eigenvalue weighted by Crippen LogP contribution is 2.38. The van der Waals surface area contributed by atoms with E-state index in [1.54, 1.807) is 0 Å². The molecule has 0 radical (unpaired) electrons. The molecular weight excluding hydrogens is 301 g/mol. The molecule has 2 heterocycles. The number of ether oxygens (including phenoxy) is 1. The first-order valence-corrected chi connectivity index (χ1v) is 6.38. The molecule has 0 bridgehead atoms. The van der Waals surface area contributed by atoms with Gasteiger partial charge in [0.15, 0.2) is 0 Å². The first-order chi connectivity index (χ1) is 7.26. The number of hydrogen-bond donors (Lipinski definition) is 0. The van der Waals surface area contributed by atoms with Crippen molar-refractivity contribution < 1.29 is 4.74 Å². The van der Waals surface area contributed by atoms with E-state index in [0.29, 0.717) is 5.41 Å². The van der Waals surface area contributed by atoms with Gasteiger partial charge in [0.2, 0.25) is 0 Å². The molecule has 1 aromatic rings. The number of rotatable bonds is 2. The largest absolute Gasteiger partial charge is 0.380 e. The van der Waals surface area contributed by atoms with E-state index in [1.807, 2.05) is 0 Å². The Morgan fingerprint density at radius 1 is 1.20 bits per heavy atom. The van der Waals surface area contributed by atoms with Crippen LogP contribution in [0.15, 0.2) is 24.3 Å². The highest BCUT2D eigenvalue weighted by atomic mass is 127. The van der Waals surface area contributed by atoms with Gasteiger partial charge < -0.3 is 4.74 Å². The van der Waals surface area contributed by atoms with Gasteiger partial charge in [-0.05, 0) is 40.3 Å². The molecule has 15 heavy (non-hydrogen) atoms. The lowest BCUT2D eigenvalue weighted by Crippen LogP contribution is -2.65. The van der Waals surface area contributed by atoms with Crippen molar-refractivity contribution in [1.82, 2.24) is 4.90 Å². The second-order valence-electron chi connectivity index (χ2n) is 4.76. The lowest BCUT2D eigenvalue weighted by molar-refractivity contribution is -0.191. The molecule has 2 fully saturated rings. The zero-order valence-corrected chi connectivity index (χ0v) is 10.7. The summed E-state index contributed by atoms with van der Waals surface area (Å²) in [6.07, 6.45) is 0. The van der Waals surface area contributed by atoms with Crippen LogP contribution < -0.4 is 0 Å². The predicted octanol–water partition coefficient (Wildman–Crippen LogP) is 2.12. The van der Waals surface area contributed by atoms with Gasteiger partial charge >= 0.3 is 0 Å². The van der Waals surface area contributed by atoms with E-state index in [1.165, 1.54) is 22.2 Å². The van der Waals surface area contributed by atoms with E-state index >= 15 is 0 Å². The number of halogens is 1. The summed E-state index contributed by atoms with van der Waals surface area (Å²) in [5.74, 6) is 0. The monoisotopic (exact) mass is 315 g/mol. The molecule has 0 unspecified atom stereocenters. The van der Waals surface area contributed by atoms with Crippen molar-refractivity contribution in [1.29, 1.82) is 0 Å². The molecule has 0 N–H and O–H groups in total. The molecule has 0 aliphatic carbocycles. The second-order valence-corrected chi connectivity index (χ2v) is 6.01. The molecule has 0 amide bonds. The maximum absolute atomic E-state index is 5.27. The molecule has 2 aliphatic heterocycles. The van der Waals surface area contributed by atoms with Gasteiger partial charge in [-0.1, -0.05) is 12.1 Å². The maximum Gasteiger partial charge on any atom is 0.0569 e. The van der Waals surface area contributed by atoms with Gasteiger partial charge in [-0.2, -0.15) is 0 Å². The van der Waals surface area contributed by atoms with Gasteiger partial charge in [-0.15, -0.1) is 0 Å². The van der Waals surface area contributed by atoms with E-state index < -0.39 is 0 Å². The Balaban J connectivity index is 1.56. The third-order valence-corrected chi connectivity index (χ3v) is 3.97. The number of hydrogen-bond acceptors (Lipinski definition) is 2. The molecule has 0 aromatic heterocycles. The van der Waals surface area contributed by atoms with Crippen molar-refractivity contribution in [3.63, 3.8) is 0 Å². The standard InChI is InChI=1S/C12H14INO/c13-11-3-1-10(2-4-11)5-14-6-12(7-14)8-15-9-12/h1-4H,5-9H2. The van der Waals surface area contributed by atoms with Crippen LogP contribution in [0.2, 0.25) is 0 Å². The van der Waals surface area contributed by atoms with Crippen LogP contribution in [0.5, 0.6) is 0 Å². The van der Waals surface area contributed by atoms with Crippen LogP contribution in [0.4, 0.5) is 0 Å². The summed E-state index contributed by atoms with van der Waals surface area (Å²) >= 11 is 2.34. The van der Waals surface area contributed by atoms with Crippen molar-refractivity contribution in [2.45, 2.75) is 6.54 Å². The normalized spacial score (nSPS) is 23.5. The molecule has 3 heteroatoms. The summed E-state index contributed by atoms with van der Waals surface area (Å²) < 4.78 is 6.58. The maximum atomic E-state index is 5.27. The van der Waals surface area contributed by atoms with Gasteiger partial charge in [-0.25, -0.2) is 0 Å². The summed E-state index contributed by atoms with van der Waals surface area (Å²) in [6.45, 7) is 5.50. The lowest BCUT2D eigenvalue weighted by Gasteiger charge is -2.55. The summed E-state index contributed by atoms with van der Waals surface area (Å²) in [6, 6.07) is 8.81. The molecule has 0 saturated carbocycles. The SMILES string of the molecule is Ic1ccc(CN2CC3(COC3)C2)cc1. The summed E-state index contributed by atoms with van der Waals surface area (Å²) in [5.41, 5.74) is 1.97. The summed E-state index contributed by atoms with van der Waals surface area (Å²) in [7, 11) is 0. The Morgan fingerprint density at radius 3 is 2.40 bits per heavy atom. The number of benzene rings is 1. The van der Waals surface area contributed by atoms with Gasteiger partial charge in [-0.3, -0.25) is 4.90 Å². The van der Waals surface area contributed by atoms with Crippen LogP contribution in [0.1, 0.15) is 5.56 Å². The zero-order chi connectivity index (χ0) is 10.3. The van der Waals surface area contributed by atoms with Gasteiger partial charge in [0.1, 0.15) is 0 Å². The fourth-order valence-electron chi connectivity index (χ4n) is 2.44. The lowest BCUT2D eigenvalue weighted by atomic mass is 9.78. The number of likely N-dealkylation sites (tertiary alicyclic amines) is 1. The summed E-state index contributed by atoms with van der Waals surface area (Å²) in [4.78, 5) is 2.50.